The third-order valence-corrected chi connectivity index (χ3v) is 5.00. The first-order chi connectivity index (χ1) is 13.3. The van der Waals surface area contributed by atoms with Crippen molar-refractivity contribution in [2.45, 2.75) is 52.6 Å². The number of hydrogen-bond acceptors (Lipinski definition) is 3. The highest BCUT2D eigenvalue weighted by molar-refractivity contribution is 5.97. The maximum atomic E-state index is 13.3. The van der Waals surface area contributed by atoms with Gasteiger partial charge in [-0.25, -0.2) is 4.98 Å². The number of rotatable bonds is 6. The standard InChI is InChI=1S/C22H30N4O2/c1-14(2)10-17-13-26(19(11-15(3)4)21(27)24-17)22(28)18-12-23-20(25-18)16-8-6-5-7-9-16/h5-9,12,14-15,17,19H,10-11,13H2,1-4H3,(H,23,25)(H,24,27)/t17-,19-/m0/s1. The highest BCUT2D eigenvalue weighted by atomic mass is 16.2. The lowest BCUT2D eigenvalue weighted by Gasteiger charge is -2.40. The molecule has 0 radical (unpaired) electrons. The average Bonchev–Trinajstić information content (AvgIpc) is 3.13. The molecule has 28 heavy (non-hydrogen) atoms. The second-order valence-electron chi connectivity index (χ2n) is 8.44. The topological polar surface area (TPSA) is 78.1 Å². The van der Waals surface area contributed by atoms with Crippen LogP contribution in [-0.2, 0) is 4.79 Å². The van der Waals surface area contributed by atoms with Gasteiger partial charge in [-0.05, 0) is 24.7 Å². The van der Waals surface area contributed by atoms with Crippen LogP contribution >= 0.6 is 0 Å². The van der Waals surface area contributed by atoms with E-state index >= 15 is 0 Å². The summed E-state index contributed by atoms with van der Waals surface area (Å²) in [6.45, 7) is 8.90. The summed E-state index contributed by atoms with van der Waals surface area (Å²) in [7, 11) is 0. The summed E-state index contributed by atoms with van der Waals surface area (Å²) in [5.41, 5.74) is 1.28. The Hall–Kier alpha value is -2.63. The van der Waals surface area contributed by atoms with E-state index in [0.717, 1.165) is 12.0 Å². The lowest BCUT2D eigenvalue weighted by atomic mass is 9.95. The van der Waals surface area contributed by atoms with E-state index in [2.05, 4.69) is 43.0 Å². The summed E-state index contributed by atoms with van der Waals surface area (Å²) in [6, 6.07) is 9.23. The average molecular weight is 383 g/mol. The van der Waals surface area contributed by atoms with Gasteiger partial charge >= 0.3 is 0 Å². The third kappa shape index (κ3) is 4.61. The molecule has 1 aromatic carbocycles. The summed E-state index contributed by atoms with van der Waals surface area (Å²) < 4.78 is 0. The third-order valence-electron chi connectivity index (χ3n) is 5.00. The molecular weight excluding hydrogens is 352 g/mol. The Kier molecular flexibility index (Phi) is 6.17. The highest BCUT2D eigenvalue weighted by Gasteiger charge is 2.38. The van der Waals surface area contributed by atoms with E-state index in [1.165, 1.54) is 0 Å². The first-order valence-corrected chi connectivity index (χ1v) is 10.1. The van der Waals surface area contributed by atoms with Crippen molar-refractivity contribution in [2.75, 3.05) is 6.54 Å². The summed E-state index contributed by atoms with van der Waals surface area (Å²) in [6.07, 6.45) is 3.13. The van der Waals surface area contributed by atoms with Gasteiger partial charge in [0.15, 0.2) is 0 Å². The molecule has 2 heterocycles. The Balaban J connectivity index is 1.85. The molecule has 2 aromatic rings. The number of aromatic nitrogens is 2. The normalized spacial score (nSPS) is 19.9. The van der Waals surface area contributed by atoms with Gasteiger partial charge in [0.05, 0.1) is 0 Å². The van der Waals surface area contributed by atoms with Crippen LogP contribution in [0.1, 0.15) is 51.0 Å². The van der Waals surface area contributed by atoms with Gasteiger partial charge in [-0.1, -0.05) is 58.0 Å². The molecule has 0 aliphatic carbocycles. The van der Waals surface area contributed by atoms with Crippen LogP contribution < -0.4 is 5.32 Å². The van der Waals surface area contributed by atoms with Gasteiger partial charge in [0.2, 0.25) is 5.91 Å². The van der Waals surface area contributed by atoms with Crippen molar-refractivity contribution in [1.29, 1.82) is 0 Å². The Morgan fingerprint density at radius 3 is 2.46 bits per heavy atom. The van der Waals surface area contributed by atoms with Crippen molar-refractivity contribution in [1.82, 2.24) is 20.2 Å². The number of imidazole rings is 1. The number of hydrogen-bond donors (Lipinski definition) is 2. The largest absolute Gasteiger partial charge is 0.350 e. The van der Waals surface area contributed by atoms with E-state index in [4.69, 9.17) is 0 Å². The molecule has 0 bridgehead atoms. The van der Waals surface area contributed by atoms with Crippen molar-refractivity contribution in [3.05, 3.63) is 42.2 Å². The highest BCUT2D eigenvalue weighted by Crippen LogP contribution is 2.22. The van der Waals surface area contributed by atoms with E-state index in [1.54, 1.807) is 11.1 Å². The first kappa shape index (κ1) is 20.1. The van der Waals surface area contributed by atoms with Crippen LogP contribution in [0.5, 0.6) is 0 Å². The summed E-state index contributed by atoms with van der Waals surface area (Å²) in [5.74, 6) is 1.17. The monoisotopic (exact) mass is 382 g/mol. The molecule has 6 heteroatoms. The van der Waals surface area contributed by atoms with Gasteiger partial charge in [0.1, 0.15) is 17.6 Å². The number of benzene rings is 1. The number of carbonyl (C=O) groups is 2. The number of nitrogens with one attached hydrogen (secondary N) is 2. The number of carbonyl (C=O) groups excluding carboxylic acids is 2. The molecule has 3 rings (SSSR count). The smallest absolute Gasteiger partial charge is 0.274 e. The van der Waals surface area contributed by atoms with Crippen LogP contribution in [0.15, 0.2) is 36.5 Å². The summed E-state index contributed by atoms with van der Waals surface area (Å²) in [5, 5.41) is 3.11. The van der Waals surface area contributed by atoms with Crippen molar-refractivity contribution in [3.63, 3.8) is 0 Å². The first-order valence-electron chi connectivity index (χ1n) is 10.1. The molecular formula is C22H30N4O2. The SMILES string of the molecule is CC(C)C[C@H]1CN(C(=O)c2c[nH]c(-c3ccccc3)n2)[C@@H](CC(C)C)C(=O)N1. The van der Waals surface area contributed by atoms with Gasteiger partial charge in [0, 0.05) is 24.3 Å². The zero-order chi connectivity index (χ0) is 20.3. The van der Waals surface area contributed by atoms with Gasteiger partial charge in [0.25, 0.3) is 5.91 Å². The Labute approximate surface area is 166 Å². The molecule has 0 saturated carbocycles. The van der Waals surface area contributed by atoms with Crippen LogP contribution in [0.4, 0.5) is 0 Å². The molecule has 1 saturated heterocycles. The number of nitrogens with zero attached hydrogens (tertiary/aromatic N) is 2. The van der Waals surface area contributed by atoms with Crippen LogP contribution in [0.3, 0.4) is 0 Å². The molecule has 1 fully saturated rings. The van der Waals surface area contributed by atoms with E-state index < -0.39 is 6.04 Å². The van der Waals surface area contributed by atoms with Crippen LogP contribution in [0.2, 0.25) is 0 Å². The Morgan fingerprint density at radius 1 is 1.14 bits per heavy atom. The fraction of sp³-hybridized carbons (Fsp3) is 0.500. The molecule has 2 amide bonds. The number of piperazine rings is 1. The molecule has 0 spiro atoms. The van der Waals surface area contributed by atoms with Crippen LogP contribution in [0.25, 0.3) is 11.4 Å². The maximum absolute atomic E-state index is 13.3. The van der Waals surface area contributed by atoms with Gasteiger partial charge in [-0.2, -0.15) is 0 Å². The Bertz CT molecular complexity index is 813. The molecule has 150 valence electrons. The molecule has 2 atom stereocenters. The summed E-state index contributed by atoms with van der Waals surface area (Å²) in [4.78, 5) is 35.4. The zero-order valence-corrected chi connectivity index (χ0v) is 17.1. The maximum Gasteiger partial charge on any atom is 0.274 e. The van der Waals surface area contributed by atoms with Gasteiger partial charge < -0.3 is 15.2 Å². The van der Waals surface area contributed by atoms with Crippen LogP contribution in [-0.4, -0.2) is 45.3 Å². The van der Waals surface area contributed by atoms with Crippen molar-refractivity contribution >= 4 is 11.8 Å². The lowest BCUT2D eigenvalue weighted by Crippen LogP contribution is -2.62. The second kappa shape index (κ2) is 8.59. The molecule has 6 nitrogen and oxygen atoms in total. The fourth-order valence-corrected chi connectivity index (χ4v) is 3.78. The van der Waals surface area contributed by atoms with Crippen molar-refractivity contribution in [2.24, 2.45) is 11.8 Å². The van der Waals surface area contributed by atoms with Gasteiger partial charge in [-0.15, -0.1) is 0 Å². The lowest BCUT2D eigenvalue weighted by molar-refractivity contribution is -0.130. The van der Waals surface area contributed by atoms with Gasteiger partial charge in [-0.3, -0.25) is 9.59 Å². The van der Waals surface area contributed by atoms with E-state index in [1.807, 2.05) is 30.3 Å². The van der Waals surface area contributed by atoms with E-state index in [0.29, 0.717) is 36.3 Å². The number of H-pyrrole nitrogens is 1. The molecule has 1 aliphatic rings. The minimum absolute atomic E-state index is 0.0209. The number of amides is 2. The molecule has 2 N–H and O–H groups in total. The van der Waals surface area contributed by atoms with Crippen molar-refractivity contribution in [3.8, 4) is 11.4 Å². The van der Waals surface area contributed by atoms with Crippen LogP contribution in [0, 0.1) is 11.8 Å². The molecule has 1 aromatic heterocycles. The van der Waals surface area contributed by atoms with E-state index in [9.17, 15) is 9.59 Å². The minimum Gasteiger partial charge on any atom is -0.350 e. The van der Waals surface area contributed by atoms with E-state index in [-0.39, 0.29) is 17.9 Å². The fourth-order valence-electron chi connectivity index (χ4n) is 3.78. The minimum atomic E-state index is -0.451. The number of aromatic amines is 1. The predicted octanol–water partition coefficient (Wildman–Crippen LogP) is 3.48. The Morgan fingerprint density at radius 2 is 1.82 bits per heavy atom. The van der Waals surface area contributed by atoms with Crippen molar-refractivity contribution < 1.29 is 9.59 Å². The molecule has 0 unspecified atom stereocenters. The predicted molar refractivity (Wildman–Crippen MR) is 110 cm³/mol. The quantitative estimate of drug-likeness (QED) is 0.803. The summed E-state index contributed by atoms with van der Waals surface area (Å²) >= 11 is 0. The zero-order valence-electron chi connectivity index (χ0n) is 17.1. The molecule has 1 aliphatic heterocycles. The second-order valence-corrected chi connectivity index (χ2v) is 8.44.